The molecule has 1 aliphatic rings. The Hall–Kier alpha value is -1.13. The zero-order chi connectivity index (χ0) is 12.8. The minimum atomic E-state index is 0.329. The largest absolute Gasteiger partial charge is 0.477 e. The van der Waals surface area contributed by atoms with Gasteiger partial charge in [-0.1, -0.05) is 6.92 Å². The van der Waals surface area contributed by atoms with Gasteiger partial charge >= 0.3 is 0 Å². The molecule has 4 nitrogen and oxygen atoms in total. The van der Waals surface area contributed by atoms with Crippen LogP contribution in [0.5, 0.6) is 5.88 Å². The van der Waals surface area contributed by atoms with Crippen molar-refractivity contribution in [1.82, 2.24) is 10.3 Å². The van der Waals surface area contributed by atoms with Gasteiger partial charge in [-0.05, 0) is 31.5 Å². The first-order valence-electron chi connectivity index (χ1n) is 6.69. The van der Waals surface area contributed by atoms with Crippen molar-refractivity contribution in [3.63, 3.8) is 0 Å². The third-order valence-electron chi connectivity index (χ3n) is 3.26. The van der Waals surface area contributed by atoms with Crippen LogP contribution in [-0.4, -0.2) is 31.3 Å². The first kappa shape index (κ1) is 13.3. The molecule has 0 bridgehead atoms. The van der Waals surface area contributed by atoms with Gasteiger partial charge in [0, 0.05) is 30.8 Å². The molecule has 0 aliphatic carbocycles. The summed E-state index contributed by atoms with van der Waals surface area (Å²) in [5.74, 6) is 1.23. The normalized spacial score (nSPS) is 20.9. The second kappa shape index (κ2) is 6.71. The van der Waals surface area contributed by atoms with Crippen LogP contribution >= 0.6 is 0 Å². The Kier molecular flexibility index (Phi) is 4.96. The monoisotopic (exact) mass is 250 g/mol. The highest BCUT2D eigenvalue weighted by atomic mass is 16.5. The van der Waals surface area contributed by atoms with Gasteiger partial charge in [0.25, 0.3) is 0 Å². The lowest BCUT2D eigenvalue weighted by molar-refractivity contribution is 0.165. The van der Waals surface area contributed by atoms with Gasteiger partial charge in [0.05, 0.1) is 13.2 Å². The molecule has 4 heteroatoms. The fourth-order valence-corrected chi connectivity index (χ4v) is 2.12. The Morgan fingerprint density at radius 1 is 1.61 bits per heavy atom. The second-order valence-electron chi connectivity index (χ2n) is 4.75. The van der Waals surface area contributed by atoms with Crippen LogP contribution in [0, 0.1) is 5.92 Å². The topological polar surface area (TPSA) is 43.4 Å². The summed E-state index contributed by atoms with van der Waals surface area (Å²) in [5, 5.41) is 3.38. The molecule has 0 aromatic carbocycles. The van der Waals surface area contributed by atoms with E-state index >= 15 is 0 Å². The van der Waals surface area contributed by atoms with Crippen LogP contribution in [-0.2, 0) is 4.74 Å². The highest BCUT2D eigenvalue weighted by Crippen LogP contribution is 2.18. The molecule has 0 radical (unpaired) electrons. The molecular weight excluding hydrogens is 228 g/mol. The van der Waals surface area contributed by atoms with Crippen molar-refractivity contribution in [2.75, 3.05) is 26.4 Å². The molecule has 1 aromatic rings. The van der Waals surface area contributed by atoms with Crippen LogP contribution in [0.25, 0.3) is 0 Å². The molecule has 0 spiro atoms. The zero-order valence-electron chi connectivity index (χ0n) is 11.2. The highest BCUT2D eigenvalue weighted by Gasteiger charge is 2.16. The van der Waals surface area contributed by atoms with Crippen molar-refractivity contribution in [2.45, 2.75) is 26.3 Å². The first-order valence-corrected chi connectivity index (χ1v) is 6.69. The average Bonchev–Trinajstić information content (AvgIpc) is 2.90. The van der Waals surface area contributed by atoms with E-state index in [9.17, 15) is 0 Å². The predicted octanol–water partition coefficient (Wildman–Crippen LogP) is 2.17. The van der Waals surface area contributed by atoms with E-state index in [1.54, 1.807) is 0 Å². The molecule has 1 aromatic heterocycles. The SMILES string of the molecule is CCNC(C)c1ccnc(OCC2CCOC2)c1. The van der Waals surface area contributed by atoms with Gasteiger partial charge in [-0.15, -0.1) is 0 Å². The van der Waals surface area contributed by atoms with Gasteiger partial charge in [0.15, 0.2) is 0 Å². The molecule has 1 aliphatic heterocycles. The summed E-state index contributed by atoms with van der Waals surface area (Å²) in [6, 6.07) is 4.37. The lowest BCUT2D eigenvalue weighted by Crippen LogP contribution is -2.18. The minimum absolute atomic E-state index is 0.329. The molecule has 100 valence electrons. The van der Waals surface area contributed by atoms with Crippen molar-refractivity contribution in [1.29, 1.82) is 0 Å². The molecule has 2 heterocycles. The maximum atomic E-state index is 5.74. The summed E-state index contributed by atoms with van der Waals surface area (Å²) in [5.41, 5.74) is 1.21. The van der Waals surface area contributed by atoms with E-state index in [1.165, 1.54) is 5.56 Å². The van der Waals surface area contributed by atoms with Crippen LogP contribution in [0.1, 0.15) is 31.9 Å². The Bertz CT molecular complexity index is 365. The van der Waals surface area contributed by atoms with Crippen LogP contribution in [0.2, 0.25) is 0 Å². The quantitative estimate of drug-likeness (QED) is 0.840. The number of rotatable bonds is 6. The minimum Gasteiger partial charge on any atom is -0.477 e. The van der Waals surface area contributed by atoms with Crippen molar-refractivity contribution >= 4 is 0 Å². The summed E-state index contributed by atoms with van der Waals surface area (Å²) in [6.07, 6.45) is 2.90. The molecule has 1 fully saturated rings. The summed E-state index contributed by atoms with van der Waals surface area (Å²) in [7, 11) is 0. The molecule has 0 saturated carbocycles. The van der Waals surface area contributed by atoms with E-state index in [2.05, 4.69) is 24.1 Å². The number of hydrogen-bond donors (Lipinski definition) is 1. The smallest absolute Gasteiger partial charge is 0.213 e. The summed E-state index contributed by atoms with van der Waals surface area (Å²) in [6.45, 7) is 7.58. The number of pyridine rings is 1. The summed E-state index contributed by atoms with van der Waals surface area (Å²) < 4.78 is 11.1. The lowest BCUT2D eigenvalue weighted by Gasteiger charge is -2.14. The molecular formula is C14H22N2O2. The van der Waals surface area contributed by atoms with E-state index in [-0.39, 0.29) is 0 Å². The Morgan fingerprint density at radius 3 is 3.22 bits per heavy atom. The van der Waals surface area contributed by atoms with Crippen LogP contribution < -0.4 is 10.1 Å². The molecule has 2 atom stereocenters. The summed E-state index contributed by atoms with van der Waals surface area (Å²) in [4.78, 5) is 4.25. The van der Waals surface area contributed by atoms with E-state index in [1.807, 2.05) is 18.3 Å². The molecule has 1 saturated heterocycles. The fourth-order valence-electron chi connectivity index (χ4n) is 2.12. The molecule has 18 heavy (non-hydrogen) atoms. The van der Waals surface area contributed by atoms with Crippen LogP contribution in [0.3, 0.4) is 0 Å². The standard InChI is InChI=1S/C14H22N2O2/c1-3-15-11(2)13-4-6-16-14(8-13)18-10-12-5-7-17-9-12/h4,6,8,11-12,15H,3,5,7,9-10H2,1-2H3. The molecule has 0 amide bonds. The second-order valence-corrected chi connectivity index (χ2v) is 4.75. The number of ether oxygens (including phenoxy) is 2. The van der Waals surface area contributed by atoms with Gasteiger partial charge in [0.2, 0.25) is 5.88 Å². The first-order chi connectivity index (χ1) is 8.79. The maximum absolute atomic E-state index is 5.74. The third-order valence-corrected chi connectivity index (χ3v) is 3.26. The van der Waals surface area contributed by atoms with Crippen molar-refractivity contribution in [3.8, 4) is 5.88 Å². The molecule has 2 rings (SSSR count). The number of aromatic nitrogens is 1. The van der Waals surface area contributed by atoms with E-state index in [4.69, 9.17) is 9.47 Å². The van der Waals surface area contributed by atoms with Gasteiger partial charge in [0.1, 0.15) is 0 Å². The highest BCUT2D eigenvalue weighted by molar-refractivity contribution is 5.23. The Morgan fingerprint density at radius 2 is 2.50 bits per heavy atom. The Labute approximate surface area is 109 Å². The van der Waals surface area contributed by atoms with Gasteiger partial charge in [-0.2, -0.15) is 0 Å². The van der Waals surface area contributed by atoms with Gasteiger partial charge in [-0.3, -0.25) is 0 Å². The average molecular weight is 250 g/mol. The molecule has 1 N–H and O–H groups in total. The zero-order valence-corrected chi connectivity index (χ0v) is 11.2. The lowest BCUT2D eigenvalue weighted by atomic mass is 10.1. The van der Waals surface area contributed by atoms with Crippen LogP contribution in [0.4, 0.5) is 0 Å². The number of nitrogens with zero attached hydrogens (tertiary/aromatic N) is 1. The molecule has 2 unspecified atom stereocenters. The summed E-state index contributed by atoms with van der Waals surface area (Å²) >= 11 is 0. The maximum Gasteiger partial charge on any atom is 0.213 e. The van der Waals surface area contributed by atoms with Crippen molar-refractivity contribution in [3.05, 3.63) is 23.9 Å². The van der Waals surface area contributed by atoms with Crippen molar-refractivity contribution < 1.29 is 9.47 Å². The van der Waals surface area contributed by atoms with E-state index in [0.717, 1.165) is 26.2 Å². The number of hydrogen-bond acceptors (Lipinski definition) is 4. The van der Waals surface area contributed by atoms with Crippen molar-refractivity contribution in [2.24, 2.45) is 5.92 Å². The predicted molar refractivity (Wildman–Crippen MR) is 70.7 cm³/mol. The van der Waals surface area contributed by atoms with Crippen LogP contribution in [0.15, 0.2) is 18.3 Å². The number of nitrogens with one attached hydrogen (secondary N) is 1. The van der Waals surface area contributed by atoms with E-state index in [0.29, 0.717) is 24.4 Å². The Balaban J connectivity index is 1.89. The van der Waals surface area contributed by atoms with Gasteiger partial charge in [-0.25, -0.2) is 4.98 Å². The van der Waals surface area contributed by atoms with Gasteiger partial charge < -0.3 is 14.8 Å². The van der Waals surface area contributed by atoms with E-state index < -0.39 is 0 Å². The third kappa shape index (κ3) is 3.68. The fraction of sp³-hybridized carbons (Fsp3) is 0.643.